The molecule has 0 aliphatic carbocycles. The van der Waals surface area contributed by atoms with Crippen LogP contribution in [0.15, 0.2) is 22.7 Å². The second-order valence-corrected chi connectivity index (χ2v) is 3.20. The number of oxime groups is 1. The van der Waals surface area contributed by atoms with Gasteiger partial charge >= 0.3 is 0 Å². The Balaban J connectivity index is 2.44. The van der Waals surface area contributed by atoms with Crippen molar-refractivity contribution in [1.29, 1.82) is 0 Å². The number of hydrogen-bond acceptors (Lipinski definition) is 4. The van der Waals surface area contributed by atoms with Crippen LogP contribution in [0, 0.1) is 0 Å². The molecule has 0 spiro atoms. The Morgan fingerprint density at radius 3 is 3.08 bits per heavy atom. The maximum atomic E-state index is 11.2. The van der Waals surface area contributed by atoms with Gasteiger partial charge in [-0.25, -0.2) is 0 Å². The third-order valence-corrected chi connectivity index (χ3v) is 2.17. The average molecular weight is 199 g/mol. The number of carbonyl (C=O) groups excluding carboxylic acids is 1. The summed E-state index contributed by atoms with van der Waals surface area (Å²) in [6, 6.07) is 3.48. The Hall–Kier alpha value is -1.56. The van der Waals surface area contributed by atoms with Crippen molar-refractivity contribution in [3.05, 3.63) is 22.4 Å². The van der Waals surface area contributed by atoms with Crippen molar-refractivity contribution in [3.63, 3.8) is 0 Å². The molecular formula is C7H9N3O2S. The van der Waals surface area contributed by atoms with Gasteiger partial charge in [-0.2, -0.15) is 0 Å². The molecule has 1 aromatic rings. The summed E-state index contributed by atoms with van der Waals surface area (Å²) in [5, 5.41) is 15.2. The molecule has 5 nitrogen and oxygen atoms in total. The van der Waals surface area contributed by atoms with Gasteiger partial charge in [-0.05, 0) is 11.4 Å². The van der Waals surface area contributed by atoms with Gasteiger partial charge in [0, 0.05) is 0 Å². The largest absolute Gasteiger partial charge is 0.409 e. The zero-order chi connectivity index (χ0) is 9.68. The number of nitrogens with one attached hydrogen (secondary N) is 1. The van der Waals surface area contributed by atoms with Crippen molar-refractivity contribution in [1.82, 2.24) is 5.32 Å². The Kier molecular flexibility index (Phi) is 3.27. The monoisotopic (exact) mass is 199 g/mol. The Labute approximate surface area is 78.9 Å². The molecule has 1 amide bonds. The zero-order valence-corrected chi connectivity index (χ0v) is 7.54. The number of rotatable bonds is 3. The van der Waals surface area contributed by atoms with Crippen LogP contribution < -0.4 is 11.1 Å². The second kappa shape index (κ2) is 4.46. The standard InChI is InChI=1S/C7H9N3O2S/c8-6(10-12)4-9-7(11)5-2-1-3-13-5/h1-3,12H,4H2,(H2,8,10)(H,9,11). The lowest BCUT2D eigenvalue weighted by Gasteiger charge is -2.00. The van der Waals surface area contributed by atoms with E-state index in [9.17, 15) is 4.79 Å². The average Bonchev–Trinajstić information content (AvgIpc) is 2.66. The lowest BCUT2D eigenvalue weighted by molar-refractivity contribution is 0.0963. The molecule has 13 heavy (non-hydrogen) atoms. The summed E-state index contributed by atoms with van der Waals surface area (Å²) in [4.78, 5) is 11.8. The molecule has 1 rings (SSSR count). The number of carbonyl (C=O) groups is 1. The first-order chi connectivity index (χ1) is 6.24. The third-order valence-electron chi connectivity index (χ3n) is 1.30. The van der Waals surface area contributed by atoms with E-state index in [-0.39, 0.29) is 18.3 Å². The van der Waals surface area contributed by atoms with Crippen molar-refractivity contribution in [2.24, 2.45) is 10.9 Å². The molecule has 6 heteroatoms. The number of thiophene rings is 1. The van der Waals surface area contributed by atoms with E-state index in [0.29, 0.717) is 4.88 Å². The van der Waals surface area contributed by atoms with Crippen LogP contribution in [-0.2, 0) is 0 Å². The summed E-state index contributed by atoms with van der Waals surface area (Å²) >= 11 is 1.34. The maximum Gasteiger partial charge on any atom is 0.261 e. The quantitative estimate of drug-likeness (QED) is 0.282. The second-order valence-electron chi connectivity index (χ2n) is 2.25. The minimum Gasteiger partial charge on any atom is -0.409 e. The van der Waals surface area contributed by atoms with Crippen LogP contribution in [0.5, 0.6) is 0 Å². The topological polar surface area (TPSA) is 87.7 Å². The maximum absolute atomic E-state index is 11.2. The minimum atomic E-state index is -0.221. The van der Waals surface area contributed by atoms with E-state index in [1.54, 1.807) is 17.5 Å². The van der Waals surface area contributed by atoms with Crippen molar-refractivity contribution >= 4 is 23.1 Å². The van der Waals surface area contributed by atoms with Gasteiger partial charge in [0.2, 0.25) is 0 Å². The van der Waals surface area contributed by atoms with Gasteiger partial charge in [-0.15, -0.1) is 11.3 Å². The van der Waals surface area contributed by atoms with Gasteiger partial charge in [0.05, 0.1) is 11.4 Å². The van der Waals surface area contributed by atoms with Gasteiger partial charge < -0.3 is 16.3 Å². The lowest BCUT2D eigenvalue weighted by atomic mass is 10.4. The molecule has 70 valence electrons. The van der Waals surface area contributed by atoms with E-state index in [2.05, 4.69) is 10.5 Å². The SMILES string of the molecule is N/C(CNC(=O)c1cccs1)=N\O. The fourth-order valence-electron chi connectivity index (χ4n) is 0.701. The van der Waals surface area contributed by atoms with E-state index in [0.717, 1.165) is 0 Å². The third kappa shape index (κ3) is 2.75. The molecule has 0 radical (unpaired) electrons. The molecule has 0 aliphatic rings. The Morgan fingerprint density at radius 1 is 1.77 bits per heavy atom. The van der Waals surface area contributed by atoms with Gasteiger partial charge in [-0.3, -0.25) is 4.79 Å². The first-order valence-corrected chi connectivity index (χ1v) is 4.40. The predicted octanol–water partition coefficient (Wildman–Crippen LogP) is 0.224. The molecule has 0 bridgehead atoms. The first-order valence-electron chi connectivity index (χ1n) is 3.52. The van der Waals surface area contributed by atoms with Crippen LogP contribution in [-0.4, -0.2) is 23.5 Å². The number of nitrogens with zero attached hydrogens (tertiary/aromatic N) is 1. The number of amides is 1. The van der Waals surface area contributed by atoms with Crippen LogP contribution >= 0.6 is 11.3 Å². The fraction of sp³-hybridized carbons (Fsp3) is 0.143. The van der Waals surface area contributed by atoms with E-state index in [4.69, 9.17) is 10.9 Å². The summed E-state index contributed by atoms with van der Waals surface area (Å²) in [6.07, 6.45) is 0. The Bertz CT molecular complexity index is 308. The molecule has 0 aromatic carbocycles. The number of hydrogen-bond donors (Lipinski definition) is 3. The van der Waals surface area contributed by atoms with Gasteiger partial charge in [0.1, 0.15) is 0 Å². The molecule has 0 aliphatic heterocycles. The van der Waals surface area contributed by atoms with E-state index in [1.807, 2.05) is 0 Å². The highest BCUT2D eigenvalue weighted by Gasteiger charge is 2.05. The smallest absolute Gasteiger partial charge is 0.261 e. The molecule has 0 saturated heterocycles. The van der Waals surface area contributed by atoms with Crippen molar-refractivity contribution in [2.45, 2.75) is 0 Å². The van der Waals surface area contributed by atoms with Crippen molar-refractivity contribution in [2.75, 3.05) is 6.54 Å². The summed E-state index contributed by atoms with van der Waals surface area (Å²) in [5.41, 5.74) is 5.16. The fourth-order valence-corrected chi connectivity index (χ4v) is 1.34. The molecule has 4 N–H and O–H groups in total. The summed E-state index contributed by atoms with van der Waals surface area (Å²) in [6.45, 7) is 0.0488. The highest BCUT2D eigenvalue weighted by Crippen LogP contribution is 2.07. The van der Waals surface area contributed by atoms with Crippen molar-refractivity contribution in [3.8, 4) is 0 Å². The number of amidine groups is 1. The van der Waals surface area contributed by atoms with E-state index < -0.39 is 0 Å². The molecule has 0 unspecified atom stereocenters. The van der Waals surface area contributed by atoms with E-state index in [1.165, 1.54) is 11.3 Å². The van der Waals surface area contributed by atoms with Crippen molar-refractivity contribution < 1.29 is 10.0 Å². The zero-order valence-electron chi connectivity index (χ0n) is 6.73. The molecule has 0 saturated carbocycles. The van der Waals surface area contributed by atoms with Crippen LogP contribution in [0.2, 0.25) is 0 Å². The van der Waals surface area contributed by atoms with Crippen LogP contribution in [0.25, 0.3) is 0 Å². The van der Waals surface area contributed by atoms with Crippen LogP contribution in [0.1, 0.15) is 9.67 Å². The Morgan fingerprint density at radius 2 is 2.54 bits per heavy atom. The lowest BCUT2D eigenvalue weighted by Crippen LogP contribution is -2.33. The summed E-state index contributed by atoms with van der Waals surface area (Å²) in [7, 11) is 0. The van der Waals surface area contributed by atoms with Gasteiger partial charge in [-0.1, -0.05) is 11.2 Å². The van der Waals surface area contributed by atoms with Gasteiger partial charge in [0.15, 0.2) is 5.84 Å². The highest BCUT2D eigenvalue weighted by atomic mass is 32.1. The molecular weight excluding hydrogens is 190 g/mol. The first kappa shape index (κ1) is 9.53. The summed E-state index contributed by atoms with van der Waals surface area (Å²) < 4.78 is 0. The normalized spacial score (nSPS) is 11.2. The molecule has 1 aromatic heterocycles. The van der Waals surface area contributed by atoms with Gasteiger partial charge in [0.25, 0.3) is 5.91 Å². The predicted molar refractivity (Wildman–Crippen MR) is 50.1 cm³/mol. The van der Waals surface area contributed by atoms with Crippen LogP contribution in [0.4, 0.5) is 0 Å². The highest BCUT2D eigenvalue weighted by molar-refractivity contribution is 7.12. The molecule has 0 fully saturated rings. The van der Waals surface area contributed by atoms with Crippen LogP contribution in [0.3, 0.4) is 0 Å². The molecule has 0 atom stereocenters. The van der Waals surface area contributed by atoms with E-state index >= 15 is 0 Å². The number of nitrogens with two attached hydrogens (primary N) is 1. The molecule has 1 heterocycles. The minimum absolute atomic E-state index is 0.0232. The summed E-state index contributed by atoms with van der Waals surface area (Å²) in [5.74, 6) is -0.244.